The molecule has 0 fully saturated rings. The molecule has 1 unspecified atom stereocenters. The molecule has 1 rings (SSSR count). The Labute approximate surface area is 110 Å². The maximum atomic E-state index is 5.65. The number of nitrogens with one attached hydrogen (secondary N) is 1. The minimum Gasteiger partial charge on any atom is -0.467 e. The van der Waals surface area contributed by atoms with E-state index in [0.29, 0.717) is 13.2 Å². The van der Waals surface area contributed by atoms with Gasteiger partial charge in [-0.2, -0.15) is 0 Å². The van der Waals surface area contributed by atoms with Gasteiger partial charge in [0, 0.05) is 24.8 Å². The van der Waals surface area contributed by atoms with E-state index in [9.17, 15) is 0 Å². The second-order valence-corrected chi connectivity index (χ2v) is 5.55. The number of ether oxygens (including phenoxy) is 2. The normalized spacial score (nSPS) is 13.8. The van der Waals surface area contributed by atoms with Crippen LogP contribution in [-0.4, -0.2) is 25.4 Å². The zero-order valence-electron chi connectivity index (χ0n) is 12.1. The number of hydrogen-bond acceptors (Lipinski definition) is 4. The molecule has 0 aliphatic heterocycles. The monoisotopic (exact) mass is 255 g/mol. The van der Waals surface area contributed by atoms with Crippen molar-refractivity contribution in [1.82, 2.24) is 5.32 Å². The molecule has 0 bridgehead atoms. The molecule has 1 heterocycles. The molecule has 0 aliphatic carbocycles. The number of hydrogen-bond donors (Lipinski definition) is 1. The maximum Gasteiger partial charge on any atom is 0.133 e. The van der Waals surface area contributed by atoms with Crippen LogP contribution in [0.4, 0.5) is 0 Å². The number of furan rings is 1. The van der Waals surface area contributed by atoms with Gasteiger partial charge in [0.1, 0.15) is 12.4 Å². The summed E-state index contributed by atoms with van der Waals surface area (Å²) in [5.41, 5.74) is 1.24. The van der Waals surface area contributed by atoms with E-state index in [0.717, 1.165) is 17.9 Å². The molecule has 0 aromatic carbocycles. The topological polar surface area (TPSA) is 43.6 Å². The van der Waals surface area contributed by atoms with Crippen molar-refractivity contribution in [3.63, 3.8) is 0 Å². The molecule has 1 atom stereocenters. The second kappa shape index (κ2) is 6.92. The Morgan fingerprint density at radius 3 is 2.72 bits per heavy atom. The van der Waals surface area contributed by atoms with E-state index >= 15 is 0 Å². The van der Waals surface area contributed by atoms with Crippen LogP contribution in [0.15, 0.2) is 16.7 Å². The standard InChI is InChI=1S/C14H25NO3/c1-11(9-16-5)18-10-13-12(6-7-17-13)8-15-14(2,3)4/h6-7,11,15H,8-10H2,1-5H3. The minimum absolute atomic E-state index is 0.0727. The maximum absolute atomic E-state index is 5.65. The lowest BCUT2D eigenvalue weighted by Gasteiger charge is -2.20. The van der Waals surface area contributed by atoms with E-state index in [1.165, 1.54) is 0 Å². The van der Waals surface area contributed by atoms with Gasteiger partial charge >= 0.3 is 0 Å². The van der Waals surface area contributed by atoms with Crippen molar-refractivity contribution in [1.29, 1.82) is 0 Å². The number of methoxy groups -OCH3 is 1. The molecule has 4 heteroatoms. The van der Waals surface area contributed by atoms with Crippen molar-refractivity contribution >= 4 is 0 Å². The summed E-state index contributed by atoms with van der Waals surface area (Å²) >= 11 is 0. The van der Waals surface area contributed by atoms with Crippen LogP contribution in [-0.2, 0) is 22.6 Å². The fraction of sp³-hybridized carbons (Fsp3) is 0.714. The Morgan fingerprint density at radius 2 is 2.11 bits per heavy atom. The molecule has 18 heavy (non-hydrogen) atoms. The second-order valence-electron chi connectivity index (χ2n) is 5.55. The van der Waals surface area contributed by atoms with Gasteiger partial charge in [0.15, 0.2) is 0 Å². The average Bonchev–Trinajstić information content (AvgIpc) is 2.70. The van der Waals surface area contributed by atoms with Gasteiger partial charge < -0.3 is 19.2 Å². The highest BCUT2D eigenvalue weighted by Crippen LogP contribution is 2.14. The summed E-state index contributed by atoms with van der Waals surface area (Å²) in [7, 11) is 1.67. The zero-order valence-corrected chi connectivity index (χ0v) is 12.1. The van der Waals surface area contributed by atoms with Gasteiger partial charge in [0.05, 0.1) is 19.0 Å². The largest absolute Gasteiger partial charge is 0.467 e. The summed E-state index contributed by atoms with van der Waals surface area (Å²) in [6.45, 7) is 10.3. The lowest BCUT2D eigenvalue weighted by atomic mass is 10.1. The van der Waals surface area contributed by atoms with Crippen LogP contribution in [0.2, 0.25) is 0 Å². The summed E-state index contributed by atoms with van der Waals surface area (Å²) in [5.74, 6) is 0.884. The molecular weight excluding hydrogens is 230 g/mol. The third-order valence-electron chi connectivity index (χ3n) is 2.55. The third-order valence-corrected chi connectivity index (χ3v) is 2.55. The molecule has 4 nitrogen and oxygen atoms in total. The van der Waals surface area contributed by atoms with Gasteiger partial charge in [-0.05, 0) is 33.8 Å². The summed E-state index contributed by atoms with van der Waals surface area (Å²) in [4.78, 5) is 0. The van der Waals surface area contributed by atoms with Gasteiger partial charge in [-0.25, -0.2) is 0 Å². The minimum atomic E-state index is 0.0727. The molecule has 0 radical (unpaired) electrons. The summed E-state index contributed by atoms with van der Waals surface area (Å²) in [5, 5.41) is 3.44. The number of rotatable bonds is 7. The van der Waals surface area contributed by atoms with Crippen molar-refractivity contribution in [2.45, 2.75) is 52.5 Å². The van der Waals surface area contributed by atoms with Crippen LogP contribution in [0.3, 0.4) is 0 Å². The van der Waals surface area contributed by atoms with Crippen LogP contribution in [0.25, 0.3) is 0 Å². The van der Waals surface area contributed by atoms with Gasteiger partial charge in [-0.1, -0.05) is 0 Å². The van der Waals surface area contributed by atoms with Crippen LogP contribution in [0.1, 0.15) is 39.0 Å². The molecule has 0 saturated carbocycles. The summed E-state index contributed by atoms with van der Waals surface area (Å²) in [6, 6.07) is 1.98. The van der Waals surface area contributed by atoms with E-state index < -0.39 is 0 Å². The Hall–Kier alpha value is -0.840. The molecule has 0 saturated heterocycles. The Bertz CT molecular complexity index is 341. The van der Waals surface area contributed by atoms with Crippen LogP contribution < -0.4 is 5.32 Å². The predicted octanol–water partition coefficient (Wildman–Crippen LogP) is 2.72. The molecule has 1 aromatic heterocycles. The van der Waals surface area contributed by atoms with E-state index in [1.54, 1.807) is 13.4 Å². The Balaban J connectivity index is 2.44. The first kappa shape index (κ1) is 15.2. The van der Waals surface area contributed by atoms with Crippen molar-refractivity contribution in [2.24, 2.45) is 0 Å². The highest BCUT2D eigenvalue weighted by molar-refractivity contribution is 5.16. The Morgan fingerprint density at radius 1 is 1.39 bits per heavy atom. The average molecular weight is 255 g/mol. The highest BCUT2D eigenvalue weighted by Gasteiger charge is 2.13. The van der Waals surface area contributed by atoms with Gasteiger partial charge in [0.2, 0.25) is 0 Å². The lowest BCUT2D eigenvalue weighted by Crippen LogP contribution is -2.35. The summed E-state index contributed by atoms with van der Waals surface area (Å²) in [6.07, 6.45) is 1.78. The van der Waals surface area contributed by atoms with E-state index in [-0.39, 0.29) is 11.6 Å². The smallest absolute Gasteiger partial charge is 0.133 e. The quantitative estimate of drug-likeness (QED) is 0.813. The first-order valence-corrected chi connectivity index (χ1v) is 6.33. The van der Waals surface area contributed by atoms with E-state index in [4.69, 9.17) is 13.9 Å². The van der Waals surface area contributed by atoms with Crippen molar-refractivity contribution in [2.75, 3.05) is 13.7 Å². The molecule has 0 amide bonds. The molecule has 0 aliphatic rings. The zero-order chi connectivity index (χ0) is 13.6. The molecule has 1 N–H and O–H groups in total. The van der Waals surface area contributed by atoms with Crippen molar-refractivity contribution < 1.29 is 13.9 Å². The predicted molar refractivity (Wildman–Crippen MR) is 71.4 cm³/mol. The van der Waals surface area contributed by atoms with Gasteiger partial charge in [-0.3, -0.25) is 0 Å². The van der Waals surface area contributed by atoms with E-state index in [1.807, 2.05) is 13.0 Å². The molecule has 0 spiro atoms. The molecular formula is C14H25NO3. The fourth-order valence-electron chi connectivity index (χ4n) is 1.51. The first-order valence-electron chi connectivity index (χ1n) is 6.33. The van der Waals surface area contributed by atoms with Crippen LogP contribution in [0, 0.1) is 0 Å². The summed E-state index contributed by atoms with van der Waals surface area (Å²) < 4.78 is 16.1. The third kappa shape index (κ3) is 5.67. The van der Waals surface area contributed by atoms with E-state index in [2.05, 4.69) is 26.1 Å². The van der Waals surface area contributed by atoms with Crippen LogP contribution in [0.5, 0.6) is 0 Å². The fourth-order valence-corrected chi connectivity index (χ4v) is 1.51. The van der Waals surface area contributed by atoms with Crippen molar-refractivity contribution in [3.05, 3.63) is 23.7 Å². The molecule has 104 valence electrons. The van der Waals surface area contributed by atoms with Crippen LogP contribution >= 0.6 is 0 Å². The lowest BCUT2D eigenvalue weighted by molar-refractivity contribution is -0.00673. The van der Waals surface area contributed by atoms with Gasteiger partial charge in [0.25, 0.3) is 0 Å². The Kier molecular flexibility index (Phi) is 5.85. The SMILES string of the molecule is COCC(C)OCc1occc1CNC(C)(C)C. The van der Waals surface area contributed by atoms with Crippen molar-refractivity contribution in [3.8, 4) is 0 Å². The highest BCUT2D eigenvalue weighted by atomic mass is 16.5. The molecule has 1 aromatic rings. The van der Waals surface area contributed by atoms with Gasteiger partial charge in [-0.15, -0.1) is 0 Å². The first-order chi connectivity index (χ1) is 8.42.